The number of amides is 1. The summed E-state index contributed by atoms with van der Waals surface area (Å²) in [6.45, 7) is 2.64. The summed E-state index contributed by atoms with van der Waals surface area (Å²) in [4.78, 5) is 13.2. The lowest BCUT2D eigenvalue weighted by Crippen LogP contribution is -2.65. The van der Waals surface area contributed by atoms with Gasteiger partial charge in [-0.2, -0.15) is 0 Å². The Labute approximate surface area is 403 Å². The van der Waals surface area contributed by atoms with Crippen LogP contribution in [0.2, 0.25) is 0 Å². The lowest BCUT2D eigenvalue weighted by molar-refractivity contribution is -0.359. The minimum Gasteiger partial charge on any atom is -0.394 e. The van der Waals surface area contributed by atoms with Gasteiger partial charge in [0, 0.05) is 6.42 Å². The number of rotatable bonds is 39. The van der Waals surface area contributed by atoms with Crippen molar-refractivity contribution in [1.29, 1.82) is 0 Å². The molecular formula is C53H93NO13. The van der Waals surface area contributed by atoms with Gasteiger partial charge in [0.2, 0.25) is 5.91 Å². The SMILES string of the molecule is CC/C=C\C/C=C\C/C=C\CCCCCCCCCC(=O)NC(COC1OC(CO)C(OC2OC(CO)C(O)C(O)C2O)C(O)C1O)C(O)/C=C/CC/C=C/CCCCCCCCCCCC. The number of nitrogens with one attached hydrogen (secondary N) is 1. The van der Waals surface area contributed by atoms with E-state index in [1.807, 2.05) is 6.08 Å². The summed E-state index contributed by atoms with van der Waals surface area (Å²) in [5.41, 5.74) is 0. The van der Waals surface area contributed by atoms with Gasteiger partial charge in [-0.3, -0.25) is 4.79 Å². The molecule has 0 spiro atoms. The summed E-state index contributed by atoms with van der Waals surface area (Å²) in [6, 6.07) is -0.938. The van der Waals surface area contributed by atoms with Crippen LogP contribution in [0, 0.1) is 0 Å². The Kier molecular flexibility index (Phi) is 35.8. The van der Waals surface area contributed by atoms with E-state index < -0.39 is 86.8 Å². The van der Waals surface area contributed by atoms with Crippen LogP contribution < -0.4 is 5.32 Å². The zero-order chi connectivity index (χ0) is 48.9. The zero-order valence-corrected chi connectivity index (χ0v) is 41.1. The van der Waals surface area contributed by atoms with Gasteiger partial charge in [-0.15, -0.1) is 0 Å². The number of carbonyl (C=O) groups is 1. The van der Waals surface area contributed by atoms with Gasteiger partial charge in [0.1, 0.15) is 48.8 Å². The Morgan fingerprint density at radius 1 is 0.552 bits per heavy atom. The topological polar surface area (TPSA) is 228 Å². The van der Waals surface area contributed by atoms with Crippen LogP contribution in [-0.4, -0.2) is 140 Å². The molecule has 14 nitrogen and oxygen atoms in total. The lowest BCUT2D eigenvalue weighted by atomic mass is 9.97. The Bertz CT molecular complexity index is 1360. The summed E-state index contributed by atoms with van der Waals surface area (Å²) < 4.78 is 22.7. The number of aliphatic hydroxyl groups excluding tert-OH is 8. The molecule has 0 bridgehead atoms. The first-order valence-corrected chi connectivity index (χ1v) is 26.0. The van der Waals surface area contributed by atoms with Crippen LogP contribution in [0.4, 0.5) is 0 Å². The molecule has 0 radical (unpaired) electrons. The van der Waals surface area contributed by atoms with Crippen LogP contribution in [0.3, 0.4) is 0 Å². The lowest BCUT2D eigenvalue weighted by Gasteiger charge is -2.46. The van der Waals surface area contributed by atoms with Crippen LogP contribution in [0.15, 0.2) is 60.8 Å². The van der Waals surface area contributed by atoms with Crippen molar-refractivity contribution >= 4 is 5.91 Å². The predicted octanol–water partition coefficient (Wildman–Crippen LogP) is 7.05. The van der Waals surface area contributed by atoms with Crippen molar-refractivity contribution in [2.45, 2.75) is 248 Å². The summed E-state index contributed by atoms with van der Waals surface area (Å²) in [7, 11) is 0. The van der Waals surface area contributed by atoms with E-state index in [9.17, 15) is 45.6 Å². The van der Waals surface area contributed by atoms with Gasteiger partial charge in [0.25, 0.3) is 0 Å². The molecule has 2 aliphatic heterocycles. The van der Waals surface area contributed by atoms with E-state index in [-0.39, 0.29) is 18.9 Å². The average molecular weight is 952 g/mol. The van der Waals surface area contributed by atoms with Gasteiger partial charge in [-0.25, -0.2) is 0 Å². The molecule has 14 heteroatoms. The number of hydrogen-bond acceptors (Lipinski definition) is 13. The Morgan fingerprint density at radius 3 is 1.64 bits per heavy atom. The second kappa shape index (κ2) is 39.4. The highest BCUT2D eigenvalue weighted by molar-refractivity contribution is 5.76. The Morgan fingerprint density at radius 2 is 1.04 bits per heavy atom. The van der Waals surface area contributed by atoms with Crippen molar-refractivity contribution in [3.05, 3.63) is 60.8 Å². The molecule has 1 amide bonds. The van der Waals surface area contributed by atoms with Crippen LogP contribution >= 0.6 is 0 Å². The van der Waals surface area contributed by atoms with E-state index in [4.69, 9.17) is 18.9 Å². The minimum atomic E-state index is -1.79. The highest BCUT2D eigenvalue weighted by atomic mass is 16.7. The predicted molar refractivity (Wildman–Crippen MR) is 263 cm³/mol. The largest absolute Gasteiger partial charge is 0.394 e. The summed E-state index contributed by atoms with van der Waals surface area (Å²) in [5, 5.41) is 86.8. The Balaban J connectivity index is 1.86. The fraction of sp³-hybridized carbons (Fsp3) is 0.792. The number of carbonyl (C=O) groups excluding carboxylic acids is 1. The molecule has 388 valence electrons. The van der Waals surface area contributed by atoms with Crippen molar-refractivity contribution < 1.29 is 64.6 Å². The maximum absolute atomic E-state index is 13.2. The molecule has 2 fully saturated rings. The number of ether oxygens (including phenoxy) is 4. The summed E-state index contributed by atoms with van der Waals surface area (Å²) in [6.07, 6.45) is 31.1. The fourth-order valence-corrected chi connectivity index (χ4v) is 8.20. The van der Waals surface area contributed by atoms with Crippen LogP contribution in [-0.2, 0) is 23.7 Å². The molecule has 0 aromatic carbocycles. The van der Waals surface area contributed by atoms with E-state index in [1.165, 1.54) is 70.6 Å². The van der Waals surface area contributed by atoms with E-state index in [0.717, 1.165) is 70.6 Å². The maximum Gasteiger partial charge on any atom is 0.220 e. The average Bonchev–Trinajstić information content (AvgIpc) is 3.32. The molecule has 0 aromatic heterocycles. The van der Waals surface area contributed by atoms with Crippen molar-refractivity contribution in [1.82, 2.24) is 5.32 Å². The summed E-state index contributed by atoms with van der Waals surface area (Å²) in [5.74, 6) is -0.263. The number of hydrogen-bond donors (Lipinski definition) is 9. The van der Waals surface area contributed by atoms with Crippen molar-refractivity contribution in [3.8, 4) is 0 Å². The van der Waals surface area contributed by atoms with Gasteiger partial charge in [0.05, 0.1) is 32.0 Å². The van der Waals surface area contributed by atoms with E-state index in [1.54, 1.807) is 6.08 Å². The number of unbranched alkanes of at least 4 members (excludes halogenated alkanes) is 18. The van der Waals surface area contributed by atoms with E-state index in [0.29, 0.717) is 12.8 Å². The zero-order valence-electron chi connectivity index (χ0n) is 41.1. The highest BCUT2D eigenvalue weighted by Gasteiger charge is 2.51. The molecule has 2 rings (SSSR count). The first kappa shape index (κ1) is 60.8. The van der Waals surface area contributed by atoms with Gasteiger partial charge >= 0.3 is 0 Å². The van der Waals surface area contributed by atoms with Gasteiger partial charge < -0.3 is 65.1 Å². The molecule has 2 saturated heterocycles. The smallest absolute Gasteiger partial charge is 0.220 e. The van der Waals surface area contributed by atoms with Gasteiger partial charge in [-0.1, -0.05) is 164 Å². The van der Waals surface area contributed by atoms with Gasteiger partial charge in [0.15, 0.2) is 12.6 Å². The third-order valence-corrected chi connectivity index (χ3v) is 12.4. The van der Waals surface area contributed by atoms with Crippen LogP contribution in [0.25, 0.3) is 0 Å². The highest BCUT2D eigenvalue weighted by Crippen LogP contribution is 2.30. The molecule has 12 unspecified atom stereocenters. The third-order valence-electron chi connectivity index (χ3n) is 12.4. The molecule has 0 saturated carbocycles. The number of aliphatic hydroxyl groups is 8. The fourth-order valence-electron chi connectivity index (χ4n) is 8.20. The second-order valence-electron chi connectivity index (χ2n) is 18.3. The standard InChI is InChI=1S/C53H93NO13/c1-3-5-7-9-11-13-15-17-19-21-23-25-27-29-31-33-35-37-45(58)54-41(42(57)36-34-32-30-28-26-24-22-20-18-16-14-12-10-8-6-4-2)40-64-52-50(63)48(61)51(44(39-56)66-52)67-53-49(62)47(60)46(59)43(38-55)65-53/h5,7,11,13,17,19,26,28,34,36,41-44,46-53,55-57,59-63H,3-4,6,8-10,12,14-16,18,20-25,27,29-33,35,37-40H2,1-2H3,(H,54,58)/b7-5-,13-11-,19-17-,28-26+,36-34+. The number of allylic oxidation sites excluding steroid dienone is 9. The van der Waals surface area contributed by atoms with E-state index >= 15 is 0 Å². The van der Waals surface area contributed by atoms with Gasteiger partial charge in [-0.05, 0) is 64.2 Å². The molecule has 2 heterocycles. The molecule has 0 aromatic rings. The molecule has 12 atom stereocenters. The van der Waals surface area contributed by atoms with Crippen molar-refractivity contribution in [2.24, 2.45) is 0 Å². The van der Waals surface area contributed by atoms with Crippen molar-refractivity contribution in [2.75, 3.05) is 19.8 Å². The van der Waals surface area contributed by atoms with Crippen LogP contribution in [0.1, 0.15) is 174 Å². The second-order valence-corrected chi connectivity index (χ2v) is 18.3. The maximum atomic E-state index is 13.2. The first-order valence-electron chi connectivity index (χ1n) is 26.0. The van der Waals surface area contributed by atoms with Crippen LogP contribution in [0.5, 0.6) is 0 Å². The first-order chi connectivity index (χ1) is 32.6. The Hall–Kier alpha value is -2.31. The third kappa shape index (κ3) is 26.5. The summed E-state index contributed by atoms with van der Waals surface area (Å²) >= 11 is 0. The monoisotopic (exact) mass is 952 g/mol. The normalized spacial score (nSPS) is 27.1. The quantitative estimate of drug-likeness (QED) is 0.0223. The van der Waals surface area contributed by atoms with E-state index in [2.05, 4.69) is 67.8 Å². The molecule has 9 N–H and O–H groups in total. The molecule has 0 aliphatic carbocycles. The van der Waals surface area contributed by atoms with Crippen molar-refractivity contribution in [3.63, 3.8) is 0 Å². The minimum absolute atomic E-state index is 0.260. The molecule has 2 aliphatic rings. The molecular weight excluding hydrogens is 859 g/mol. The molecule has 67 heavy (non-hydrogen) atoms.